The van der Waals surface area contributed by atoms with Crippen molar-refractivity contribution in [1.82, 2.24) is 4.90 Å². The number of hydrogen-bond donors (Lipinski definition) is 1. The number of para-hydroxylation sites is 1. The fourth-order valence-electron chi connectivity index (χ4n) is 4.40. The summed E-state index contributed by atoms with van der Waals surface area (Å²) in [5.41, 5.74) is 3.29. The highest BCUT2D eigenvalue weighted by molar-refractivity contribution is 5.98. The van der Waals surface area contributed by atoms with E-state index in [1.807, 2.05) is 4.90 Å². The van der Waals surface area contributed by atoms with Crippen LogP contribution in [0, 0.1) is 5.92 Å². The Labute approximate surface area is 157 Å². The molecule has 1 aliphatic carbocycles. The van der Waals surface area contributed by atoms with Gasteiger partial charge in [-0.1, -0.05) is 58.7 Å². The molecule has 4 nitrogen and oxygen atoms in total. The molecule has 1 aromatic carbocycles. The minimum Gasteiger partial charge on any atom is -0.339 e. The van der Waals surface area contributed by atoms with Crippen LogP contribution in [0.3, 0.4) is 0 Å². The quantitative estimate of drug-likeness (QED) is 0.834. The van der Waals surface area contributed by atoms with Crippen LogP contribution in [-0.2, 0) is 9.59 Å². The Balaban J connectivity index is 1.77. The van der Waals surface area contributed by atoms with Crippen molar-refractivity contribution < 1.29 is 9.59 Å². The lowest BCUT2D eigenvalue weighted by molar-refractivity contribution is -0.129. The average Bonchev–Trinajstić information content (AvgIpc) is 3.23. The monoisotopic (exact) mass is 356 g/mol. The Morgan fingerprint density at radius 3 is 2.19 bits per heavy atom. The van der Waals surface area contributed by atoms with Gasteiger partial charge in [-0.05, 0) is 35.8 Å². The highest BCUT2D eigenvalue weighted by Gasteiger charge is 2.38. The van der Waals surface area contributed by atoms with Gasteiger partial charge >= 0.3 is 0 Å². The van der Waals surface area contributed by atoms with Crippen molar-refractivity contribution in [2.24, 2.45) is 5.92 Å². The van der Waals surface area contributed by atoms with Gasteiger partial charge in [0.05, 0.1) is 5.92 Å². The van der Waals surface area contributed by atoms with Gasteiger partial charge in [0, 0.05) is 24.7 Å². The molecule has 0 spiro atoms. The Bertz CT molecular complexity index is 648. The maximum Gasteiger partial charge on any atom is 0.229 e. The number of hydrogen-bond acceptors (Lipinski definition) is 2. The molecular formula is C22H32N2O2. The molecule has 0 radical (unpaired) electrons. The van der Waals surface area contributed by atoms with E-state index in [1.165, 1.54) is 24.0 Å². The number of carbonyl (C=O) groups is 2. The van der Waals surface area contributed by atoms with E-state index in [-0.39, 0.29) is 17.7 Å². The third-order valence-electron chi connectivity index (χ3n) is 5.92. The molecule has 2 aliphatic rings. The van der Waals surface area contributed by atoms with Crippen LogP contribution in [0.25, 0.3) is 0 Å². The first kappa shape index (κ1) is 18.9. The highest BCUT2D eigenvalue weighted by atomic mass is 16.2. The summed E-state index contributed by atoms with van der Waals surface area (Å²) in [7, 11) is 0. The summed E-state index contributed by atoms with van der Waals surface area (Å²) in [6.45, 7) is 9.17. The van der Waals surface area contributed by atoms with Gasteiger partial charge in [0.25, 0.3) is 0 Å². The summed E-state index contributed by atoms with van der Waals surface area (Å²) in [6, 6.07) is 6.61. The Kier molecular flexibility index (Phi) is 5.69. The largest absolute Gasteiger partial charge is 0.339 e. The zero-order valence-corrected chi connectivity index (χ0v) is 16.5. The van der Waals surface area contributed by atoms with Crippen LogP contribution in [0.15, 0.2) is 18.2 Å². The second kappa shape index (κ2) is 7.81. The van der Waals surface area contributed by atoms with Crippen molar-refractivity contribution in [3.05, 3.63) is 29.3 Å². The number of carbonyl (C=O) groups excluding carboxylic acids is 2. The van der Waals surface area contributed by atoms with Crippen LogP contribution in [-0.4, -0.2) is 29.3 Å². The second-order valence-corrected chi connectivity index (χ2v) is 8.50. The molecule has 1 heterocycles. The first-order valence-corrected chi connectivity index (χ1v) is 10.1. The lowest BCUT2D eigenvalue weighted by atomic mass is 9.92. The number of anilines is 1. The number of benzene rings is 1. The molecule has 142 valence electrons. The van der Waals surface area contributed by atoms with E-state index in [2.05, 4.69) is 51.2 Å². The zero-order valence-electron chi connectivity index (χ0n) is 16.5. The van der Waals surface area contributed by atoms with Gasteiger partial charge in [0.15, 0.2) is 0 Å². The van der Waals surface area contributed by atoms with Gasteiger partial charge in [-0.25, -0.2) is 0 Å². The van der Waals surface area contributed by atoms with E-state index in [4.69, 9.17) is 0 Å². The molecule has 3 rings (SSSR count). The molecule has 1 saturated carbocycles. The molecule has 0 aromatic heterocycles. The first-order chi connectivity index (χ1) is 12.4. The Hall–Kier alpha value is -1.84. The average molecular weight is 357 g/mol. The number of rotatable bonds is 5. The predicted molar refractivity (Wildman–Crippen MR) is 105 cm³/mol. The third-order valence-corrected chi connectivity index (χ3v) is 5.92. The third kappa shape index (κ3) is 3.79. The van der Waals surface area contributed by atoms with Crippen LogP contribution in [0.5, 0.6) is 0 Å². The van der Waals surface area contributed by atoms with Gasteiger partial charge in [0.1, 0.15) is 0 Å². The van der Waals surface area contributed by atoms with Crippen LogP contribution < -0.4 is 5.32 Å². The number of likely N-dealkylation sites (tertiary alicyclic amines) is 1. The van der Waals surface area contributed by atoms with E-state index < -0.39 is 0 Å². The molecule has 1 aliphatic heterocycles. The van der Waals surface area contributed by atoms with E-state index in [9.17, 15) is 9.59 Å². The second-order valence-electron chi connectivity index (χ2n) is 8.50. The Morgan fingerprint density at radius 2 is 1.65 bits per heavy atom. The van der Waals surface area contributed by atoms with Crippen LogP contribution in [0.2, 0.25) is 0 Å². The number of nitrogens with one attached hydrogen (secondary N) is 1. The molecule has 1 unspecified atom stereocenters. The Morgan fingerprint density at radius 1 is 1.08 bits per heavy atom. The molecule has 1 atom stereocenters. The lowest BCUT2D eigenvalue weighted by Crippen LogP contribution is -2.35. The SMILES string of the molecule is CC(C)c1cccc(C(C)C)c1NC(=O)C1CC(=O)N(C2CCCC2)C1. The van der Waals surface area contributed by atoms with Gasteiger partial charge < -0.3 is 10.2 Å². The van der Waals surface area contributed by atoms with Gasteiger partial charge in [-0.15, -0.1) is 0 Å². The summed E-state index contributed by atoms with van der Waals surface area (Å²) in [5, 5.41) is 3.20. The maximum absolute atomic E-state index is 13.0. The van der Waals surface area contributed by atoms with Crippen molar-refractivity contribution in [2.75, 3.05) is 11.9 Å². The summed E-state index contributed by atoms with van der Waals surface area (Å²) >= 11 is 0. The van der Waals surface area contributed by atoms with E-state index in [1.54, 1.807) is 0 Å². The van der Waals surface area contributed by atoms with Crippen molar-refractivity contribution in [1.29, 1.82) is 0 Å². The topological polar surface area (TPSA) is 49.4 Å². The smallest absolute Gasteiger partial charge is 0.229 e. The molecule has 2 fully saturated rings. The summed E-state index contributed by atoms with van der Waals surface area (Å²) in [6.07, 6.45) is 4.93. The molecule has 26 heavy (non-hydrogen) atoms. The molecule has 1 N–H and O–H groups in total. The molecule has 0 bridgehead atoms. The highest BCUT2D eigenvalue weighted by Crippen LogP contribution is 2.34. The fourth-order valence-corrected chi connectivity index (χ4v) is 4.40. The van der Waals surface area contributed by atoms with Crippen LogP contribution >= 0.6 is 0 Å². The molecule has 1 saturated heterocycles. The number of amides is 2. The summed E-state index contributed by atoms with van der Waals surface area (Å²) in [5.74, 6) is 0.587. The van der Waals surface area contributed by atoms with E-state index in [0.717, 1.165) is 18.5 Å². The van der Waals surface area contributed by atoms with Gasteiger partial charge in [-0.3, -0.25) is 9.59 Å². The standard InChI is InChI=1S/C22H32N2O2/c1-14(2)18-10-7-11-19(15(3)4)21(18)23-22(26)16-12-20(25)24(13-16)17-8-5-6-9-17/h7,10-11,14-17H,5-6,8-9,12-13H2,1-4H3,(H,23,26). The van der Waals surface area contributed by atoms with Gasteiger partial charge in [0.2, 0.25) is 11.8 Å². The molecular weight excluding hydrogens is 324 g/mol. The van der Waals surface area contributed by atoms with Crippen molar-refractivity contribution in [2.45, 2.75) is 77.7 Å². The first-order valence-electron chi connectivity index (χ1n) is 10.1. The van der Waals surface area contributed by atoms with Crippen LogP contribution in [0.1, 0.15) is 82.8 Å². The summed E-state index contributed by atoms with van der Waals surface area (Å²) in [4.78, 5) is 27.4. The van der Waals surface area contributed by atoms with Crippen molar-refractivity contribution in [3.8, 4) is 0 Å². The van der Waals surface area contributed by atoms with Gasteiger partial charge in [-0.2, -0.15) is 0 Å². The molecule has 2 amide bonds. The minimum atomic E-state index is -0.233. The minimum absolute atomic E-state index is 0.00570. The molecule has 4 heteroatoms. The van der Waals surface area contributed by atoms with Crippen molar-refractivity contribution >= 4 is 17.5 Å². The lowest BCUT2D eigenvalue weighted by Gasteiger charge is -2.24. The van der Waals surface area contributed by atoms with E-state index >= 15 is 0 Å². The number of nitrogens with zero attached hydrogens (tertiary/aromatic N) is 1. The van der Waals surface area contributed by atoms with Crippen molar-refractivity contribution in [3.63, 3.8) is 0 Å². The summed E-state index contributed by atoms with van der Waals surface area (Å²) < 4.78 is 0. The van der Waals surface area contributed by atoms with E-state index in [0.29, 0.717) is 30.8 Å². The zero-order chi connectivity index (χ0) is 18.8. The maximum atomic E-state index is 13.0. The molecule has 1 aromatic rings. The fraction of sp³-hybridized carbons (Fsp3) is 0.636. The normalized spacial score (nSPS) is 21.2. The van der Waals surface area contributed by atoms with Crippen LogP contribution in [0.4, 0.5) is 5.69 Å². The predicted octanol–water partition coefficient (Wildman–Crippen LogP) is 4.66.